The average molecular weight is 456 g/mol. The van der Waals surface area contributed by atoms with Crippen LogP contribution in [0.2, 0.25) is 0 Å². The van der Waals surface area contributed by atoms with Crippen molar-refractivity contribution in [1.82, 2.24) is 15.5 Å². The number of benzene rings is 3. The third-order valence-corrected chi connectivity index (χ3v) is 7.38. The predicted molar refractivity (Wildman–Crippen MR) is 136 cm³/mol. The molecule has 1 saturated carbocycles. The van der Waals surface area contributed by atoms with Crippen LogP contribution in [0.1, 0.15) is 46.3 Å². The zero-order chi connectivity index (χ0) is 23.7. The van der Waals surface area contributed by atoms with Gasteiger partial charge in [-0.1, -0.05) is 48.5 Å². The molecule has 2 amide bonds. The number of hydrogen-bond acceptors (Lipinski definition) is 3. The van der Waals surface area contributed by atoms with Gasteiger partial charge in [-0.15, -0.1) is 0 Å². The Balaban J connectivity index is 1.35. The number of aryl methyl sites for hydroxylation is 2. The summed E-state index contributed by atoms with van der Waals surface area (Å²) in [6, 6.07) is 20.6. The Morgan fingerprint density at radius 3 is 2.56 bits per heavy atom. The number of carbonyl (C=O) groups excluding carboxylic acids is 2. The Morgan fingerprint density at radius 1 is 0.971 bits per heavy atom. The molecule has 2 atom stereocenters. The number of hydrogen-bond donors (Lipinski definition) is 2. The number of rotatable bonds is 6. The van der Waals surface area contributed by atoms with Gasteiger partial charge in [0, 0.05) is 30.7 Å². The van der Waals surface area contributed by atoms with Crippen molar-refractivity contribution in [2.75, 3.05) is 13.1 Å². The molecule has 0 aromatic heterocycles. The maximum Gasteiger partial charge on any atom is 0.251 e. The summed E-state index contributed by atoms with van der Waals surface area (Å²) in [5.74, 6) is -0.215. The summed E-state index contributed by atoms with van der Waals surface area (Å²) in [4.78, 5) is 29.0. The molecular formula is C29H33N3O2. The fourth-order valence-corrected chi connectivity index (χ4v) is 5.03. The highest BCUT2D eigenvalue weighted by molar-refractivity contribution is 5.95. The monoisotopic (exact) mass is 455 g/mol. The molecule has 1 saturated heterocycles. The number of piperidine rings is 1. The van der Waals surface area contributed by atoms with Gasteiger partial charge in [-0.3, -0.25) is 9.59 Å². The molecule has 5 nitrogen and oxygen atoms in total. The third kappa shape index (κ3) is 4.71. The van der Waals surface area contributed by atoms with E-state index in [1.54, 1.807) is 0 Å². The van der Waals surface area contributed by atoms with Gasteiger partial charge in [-0.25, -0.2) is 0 Å². The summed E-state index contributed by atoms with van der Waals surface area (Å²) < 4.78 is 0. The number of carbonyl (C=O) groups is 2. The molecule has 3 aromatic rings. The highest BCUT2D eigenvalue weighted by Crippen LogP contribution is 2.32. The van der Waals surface area contributed by atoms with Crippen LogP contribution in [0.25, 0.3) is 10.8 Å². The second-order valence-electron chi connectivity index (χ2n) is 9.81. The quantitative estimate of drug-likeness (QED) is 0.581. The molecule has 1 heterocycles. The molecule has 3 aromatic carbocycles. The molecule has 34 heavy (non-hydrogen) atoms. The summed E-state index contributed by atoms with van der Waals surface area (Å²) in [7, 11) is 0. The molecule has 5 rings (SSSR count). The van der Waals surface area contributed by atoms with Gasteiger partial charge in [0.2, 0.25) is 5.91 Å². The van der Waals surface area contributed by atoms with Crippen LogP contribution in [0, 0.1) is 19.8 Å². The lowest BCUT2D eigenvalue weighted by Crippen LogP contribution is -2.55. The van der Waals surface area contributed by atoms with Gasteiger partial charge >= 0.3 is 0 Å². The molecule has 5 heteroatoms. The van der Waals surface area contributed by atoms with Crippen LogP contribution in [0.15, 0.2) is 60.7 Å². The van der Waals surface area contributed by atoms with Crippen molar-refractivity contribution in [1.29, 1.82) is 0 Å². The largest absolute Gasteiger partial charge is 0.348 e. The van der Waals surface area contributed by atoms with Crippen LogP contribution < -0.4 is 10.6 Å². The maximum absolute atomic E-state index is 13.9. The topological polar surface area (TPSA) is 61.4 Å². The average Bonchev–Trinajstić information content (AvgIpc) is 3.69. The van der Waals surface area contributed by atoms with Crippen LogP contribution in [-0.4, -0.2) is 41.9 Å². The van der Waals surface area contributed by atoms with Crippen LogP contribution in [0.3, 0.4) is 0 Å². The number of nitrogens with zero attached hydrogens (tertiary/aromatic N) is 1. The molecule has 1 aliphatic heterocycles. The molecule has 2 aliphatic rings. The molecule has 2 unspecified atom stereocenters. The summed E-state index contributed by atoms with van der Waals surface area (Å²) in [5.41, 5.74) is 4.10. The second-order valence-corrected chi connectivity index (χ2v) is 9.81. The number of amides is 2. The van der Waals surface area contributed by atoms with Crippen molar-refractivity contribution in [3.63, 3.8) is 0 Å². The lowest BCUT2D eigenvalue weighted by atomic mass is 9.91. The third-order valence-electron chi connectivity index (χ3n) is 7.38. The van der Waals surface area contributed by atoms with Gasteiger partial charge < -0.3 is 15.5 Å². The SMILES string of the molecule is Cc1ccc(C(=O)NC2CCNCC2C(=O)N(Cc2cccc3ccccc23)C2CC2)cc1C. The first-order valence-electron chi connectivity index (χ1n) is 12.4. The first-order chi connectivity index (χ1) is 16.5. The van der Waals surface area contributed by atoms with Crippen molar-refractivity contribution >= 4 is 22.6 Å². The Morgan fingerprint density at radius 2 is 1.76 bits per heavy atom. The van der Waals surface area contributed by atoms with Crippen molar-refractivity contribution in [2.45, 2.75) is 51.7 Å². The van der Waals surface area contributed by atoms with E-state index in [0.29, 0.717) is 24.7 Å². The molecule has 176 valence electrons. The van der Waals surface area contributed by atoms with Gasteiger partial charge in [-0.05, 0) is 79.3 Å². The molecule has 2 N–H and O–H groups in total. The first kappa shape index (κ1) is 22.6. The van der Waals surface area contributed by atoms with Crippen LogP contribution in [0.4, 0.5) is 0 Å². The minimum atomic E-state index is -0.264. The van der Waals surface area contributed by atoms with Gasteiger partial charge in [0.05, 0.1) is 5.92 Å². The molecule has 0 radical (unpaired) electrons. The normalized spacial score (nSPS) is 20.2. The second kappa shape index (κ2) is 9.59. The fraction of sp³-hybridized carbons (Fsp3) is 0.379. The maximum atomic E-state index is 13.9. The smallest absolute Gasteiger partial charge is 0.251 e. The van der Waals surface area contributed by atoms with Gasteiger partial charge in [0.1, 0.15) is 0 Å². The Hall–Kier alpha value is -3.18. The Kier molecular flexibility index (Phi) is 6.38. The van der Waals surface area contributed by atoms with E-state index in [1.807, 2.05) is 38.1 Å². The summed E-state index contributed by atoms with van der Waals surface area (Å²) >= 11 is 0. The highest BCUT2D eigenvalue weighted by atomic mass is 16.2. The standard InChI is InChI=1S/C29H33N3O2/c1-19-10-11-22(16-20(19)2)28(33)31-27-14-15-30-17-26(27)29(34)32(24-12-13-24)18-23-8-5-7-21-6-3-4-9-25(21)23/h3-11,16,24,26-27,30H,12-15,17-18H2,1-2H3,(H,31,33). The van der Waals surface area contributed by atoms with E-state index in [4.69, 9.17) is 0 Å². The summed E-state index contributed by atoms with van der Waals surface area (Å²) in [6.45, 7) is 6.06. The van der Waals surface area contributed by atoms with E-state index in [9.17, 15) is 9.59 Å². The van der Waals surface area contributed by atoms with Crippen molar-refractivity contribution in [2.24, 2.45) is 5.92 Å². The number of nitrogens with one attached hydrogen (secondary N) is 2. The van der Waals surface area contributed by atoms with Crippen molar-refractivity contribution in [3.05, 3.63) is 82.9 Å². The minimum Gasteiger partial charge on any atom is -0.348 e. The zero-order valence-electron chi connectivity index (χ0n) is 20.0. The van der Waals surface area contributed by atoms with E-state index >= 15 is 0 Å². The fourth-order valence-electron chi connectivity index (χ4n) is 5.03. The molecule has 1 aliphatic carbocycles. The van der Waals surface area contributed by atoms with E-state index in [-0.39, 0.29) is 23.8 Å². The Labute approximate surface area is 201 Å². The minimum absolute atomic E-state index is 0.0974. The van der Waals surface area contributed by atoms with E-state index in [1.165, 1.54) is 21.9 Å². The summed E-state index contributed by atoms with van der Waals surface area (Å²) in [5, 5.41) is 8.97. The molecule has 0 spiro atoms. The lowest BCUT2D eigenvalue weighted by Gasteiger charge is -2.36. The zero-order valence-corrected chi connectivity index (χ0v) is 20.0. The van der Waals surface area contributed by atoms with Crippen molar-refractivity contribution in [3.8, 4) is 0 Å². The van der Waals surface area contributed by atoms with Crippen LogP contribution in [0.5, 0.6) is 0 Å². The van der Waals surface area contributed by atoms with Gasteiger partial charge in [0.15, 0.2) is 0 Å². The van der Waals surface area contributed by atoms with E-state index in [2.05, 4.69) is 51.9 Å². The summed E-state index contributed by atoms with van der Waals surface area (Å²) in [6.07, 6.45) is 2.85. The van der Waals surface area contributed by atoms with Gasteiger partial charge in [0.25, 0.3) is 5.91 Å². The van der Waals surface area contributed by atoms with E-state index in [0.717, 1.165) is 31.4 Å². The lowest BCUT2D eigenvalue weighted by molar-refractivity contribution is -0.138. The number of fused-ring (bicyclic) bond motifs is 1. The van der Waals surface area contributed by atoms with Crippen molar-refractivity contribution < 1.29 is 9.59 Å². The molecule has 0 bridgehead atoms. The van der Waals surface area contributed by atoms with E-state index < -0.39 is 0 Å². The van der Waals surface area contributed by atoms with Crippen LogP contribution in [-0.2, 0) is 11.3 Å². The molecular weight excluding hydrogens is 422 g/mol. The van der Waals surface area contributed by atoms with Crippen LogP contribution >= 0.6 is 0 Å². The van der Waals surface area contributed by atoms with Gasteiger partial charge in [-0.2, -0.15) is 0 Å². The molecule has 2 fully saturated rings. The first-order valence-corrected chi connectivity index (χ1v) is 12.4. The predicted octanol–water partition coefficient (Wildman–Crippen LogP) is 4.36. The Bertz CT molecular complexity index is 1210. The highest BCUT2D eigenvalue weighted by Gasteiger charge is 2.40.